The molecule has 1 saturated carbocycles. The first-order valence-corrected chi connectivity index (χ1v) is 6.50. The maximum atomic E-state index is 11.3. The standard InChI is InChI=1S/C13H26N2O2/c1-9-8-11(9)10(2)14-6-7-15-12(16)17-13(3,4)5/h9-11,14H,6-8H2,1-5H3,(H,15,16). The Morgan fingerprint density at radius 3 is 2.47 bits per heavy atom. The third-order valence-electron chi connectivity index (χ3n) is 3.07. The van der Waals surface area contributed by atoms with Crippen LogP contribution in [0.2, 0.25) is 0 Å². The van der Waals surface area contributed by atoms with E-state index in [-0.39, 0.29) is 6.09 Å². The molecule has 0 spiro atoms. The fraction of sp³-hybridized carbons (Fsp3) is 0.923. The molecule has 3 unspecified atom stereocenters. The Labute approximate surface area is 104 Å². The van der Waals surface area contributed by atoms with Gasteiger partial charge < -0.3 is 15.4 Å². The summed E-state index contributed by atoms with van der Waals surface area (Å²) in [6.07, 6.45) is 0.986. The van der Waals surface area contributed by atoms with Crippen LogP contribution < -0.4 is 10.6 Å². The van der Waals surface area contributed by atoms with E-state index in [1.165, 1.54) is 6.42 Å². The van der Waals surface area contributed by atoms with Gasteiger partial charge in [0.05, 0.1) is 0 Å². The summed E-state index contributed by atoms with van der Waals surface area (Å²) in [6.45, 7) is 11.5. The summed E-state index contributed by atoms with van der Waals surface area (Å²) < 4.78 is 5.14. The van der Waals surface area contributed by atoms with E-state index in [2.05, 4.69) is 24.5 Å². The van der Waals surface area contributed by atoms with Crippen LogP contribution in [-0.4, -0.2) is 30.8 Å². The predicted octanol–water partition coefficient (Wildman–Crippen LogP) is 2.15. The van der Waals surface area contributed by atoms with Gasteiger partial charge in [-0.25, -0.2) is 4.79 Å². The fourth-order valence-corrected chi connectivity index (χ4v) is 1.98. The topological polar surface area (TPSA) is 50.4 Å². The molecule has 0 aliphatic heterocycles. The molecule has 0 aromatic heterocycles. The normalized spacial score (nSPS) is 25.2. The summed E-state index contributed by atoms with van der Waals surface area (Å²) in [5, 5.41) is 6.16. The molecule has 0 aromatic carbocycles. The van der Waals surface area contributed by atoms with E-state index in [1.54, 1.807) is 0 Å². The van der Waals surface area contributed by atoms with E-state index in [9.17, 15) is 4.79 Å². The minimum atomic E-state index is -0.422. The van der Waals surface area contributed by atoms with E-state index in [0.717, 1.165) is 18.4 Å². The number of rotatable bonds is 5. The Kier molecular flexibility index (Phi) is 4.80. The molecule has 3 atom stereocenters. The Balaban J connectivity index is 2.02. The summed E-state index contributed by atoms with van der Waals surface area (Å²) in [4.78, 5) is 11.3. The lowest BCUT2D eigenvalue weighted by Crippen LogP contribution is -2.39. The van der Waals surface area contributed by atoms with Gasteiger partial charge in [-0.05, 0) is 46.0 Å². The highest BCUT2D eigenvalue weighted by Gasteiger charge is 2.36. The number of amides is 1. The van der Waals surface area contributed by atoms with Crippen molar-refractivity contribution in [2.45, 2.75) is 52.7 Å². The highest BCUT2D eigenvalue weighted by Crippen LogP contribution is 2.40. The SMILES string of the molecule is CC1CC1C(C)NCCNC(=O)OC(C)(C)C. The fourth-order valence-electron chi connectivity index (χ4n) is 1.98. The van der Waals surface area contributed by atoms with Gasteiger partial charge in [0.2, 0.25) is 0 Å². The van der Waals surface area contributed by atoms with Crippen LogP contribution in [0.1, 0.15) is 41.0 Å². The lowest BCUT2D eigenvalue weighted by molar-refractivity contribution is 0.0528. The number of alkyl carbamates (subject to hydrolysis) is 1. The first-order valence-electron chi connectivity index (χ1n) is 6.50. The molecule has 0 aromatic rings. The highest BCUT2D eigenvalue weighted by molar-refractivity contribution is 5.67. The minimum Gasteiger partial charge on any atom is -0.444 e. The Morgan fingerprint density at radius 1 is 1.41 bits per heavy atom. The van der Waals surface area contributed by atoms with Gasteiger partial charge in [0.25, 0.3) is 0 Å². The zero-order valence-corrected chi connectivity index (χ0v) is 11.7. The van der Waals surface area contributed by atoms with Crippen molar-refractivity contribution >= 4 is 6.09 Å². The molecule has 100 valence electrons. The average molecular weight is 242 g/mol. The van der Waals surface area contributed by atoms with Gasteiger partial charge in [-0.2, -0.15) is 0 Å². The summed E-state index contributed by atoms with van der Waals surface area (Å²) in [7, 11) is 0. The molecule has 1 aliphatic rings. The molecule has 1 rings (SSSR count). The smallest absolute Gasteiger partial charge is 0.407 e. The first kappa shape index (κ1) is 14.3. The largest absolute Gasteiger partial charge is 0.444 e. The zero-order valence-electron chi connectivity index (χ0n) is 11.7. The highest BCUT2D eigenvalue weighted by atomic mass is 16.6. The molecule has 0 saturated heterocycles. The van der Waals surface area contributed by atoms with Gasteiger partial charge in [-0.3, -0.25) is 0 Å². The Morgan fingerprint density at radius 2 is 2.00 bits per heavy atom. The van der Waals surface area contributed by atoms with Crippen LogP contribution in [0.25, 0.3) is 0 Å². The lowest BCUT2D eigenvalue weighted by atomic mass is 10.2. The van der Waals surface area contributed by atoms with E-state index >= 15 is 0 Å². The third-order valence-corrected chi connectivity index (χ3v) is 3.07. The van der Waals surface area contributed by atoms with Gasteiger partial charge in [-0.15, -0.1) is 0 Å². The zero-order chi connectivity index (χ0) is 13.1. The van der Waals surface area contributed by atoms with Crippen molar-refractivity contribution in [3.05, 3.63) is 0 Å². The van der Waals surface area contributed by atoms with Crippen LogP contribution in [-0.2, 0) is 4.74 Å². The Bertz CT molecular complexity index is 261. The number of hydrogen-bond acceptors (Lipinski definition) is 3. The summed E-state index contributed by atoms with van der Waals surface area (Å²) in [6, 6.07) is 0.547. The van der Waals surface area contributed by atoms with Crippen LogP contribution in [0.4, 0.5) is 4.79 Å². The summed E-state index contributed by atoms with van der Waals surface area (Å²) in [5.41, 5.74) is -0.422. The molecule has 4 heteroatoms. The molecule has 1 aliphatic carbocycles. The van der Waals surface area contributed by atoms with Gasteiger partial charge in [0, 0.05) is 19.1 Å². The van der Waals surface area contributed by atoms with E-state index in [1.807, 2.05) is 20.8 Å². The molecule has 1 fully saturated rings. The van der Waals surface area contributed by atoms with Crippen molar-refractivity contribution in [1.29, 1.82) is 0 Å². The van der Waals surface area contributed by atoms with E-state index < -0.39 is 5.60 Å². The predicted molar refractivity (Wildman–Crippen MR) is 69.0 cm³/mol. The van der Waals surface area contributed by atoms with Crippen molar-refractivity contribution in [2.24, 2.45) is 11.8 Å². The van der Waals surface area contributed by atoms with Crippen LogP contribution in [0.15, 0.2) is 0 Å². The average Bonchev–Trinajstić information content (AvgIpc) is 2.87. The van der Waals surface area contributed by atoms with Crippen molar-refractivity contribution in [3.63, 3.8) is 0 Å². The molecule has 0 heterocycles. The third kappa shape index (κ3) is 5.91. The van der Waals surface area contributed by atoms with Crippen LogP contribution >= 0.6 is 0 Å². The molecular weight excluding hydrogens is 216 g/mol. The molecule has 2 N–H and O–H groups in total. The number of carbonyl (C=O) groups excluding carboxylic acids is 1. The summed E-state index contributed by atoms with van der Waals surface area (Å²) in [5.74, 6) is 1.67. The molecule has 4 nitrogen and oxygen atoms in total. The quantitative estimate of drug-likeness (QED) is 0.726. The molecule has 17 heavy (non-hydrogen) atoms. The van der Waals surface area contributed by atoms with Crippen LogP contribution in [0.3, 0.4) is 0 Å². The van der Waals surface area contributed by atoms with E-state index in [0.29, 0.717) is 12.6 Å². The van der Waals surface area contributed by atoms with Crippen molar-refractivity contribution < 1.29 is 9.53 Å². The van der Waals surface area contributed by atoms with E-state index in [4.69, 9.17) is 4.74 Å². The molecular formula is C13H26N2O2. The second-order valence-electron chi connectivity index (χ2n) is 6.05. The maximum absolute atomic E-state index is 11.3. The second-order valence-corrected chi connectivity index (χ2v) is 6.05. The van der Waals surface area contributed by atoms with Crippen LogP contribution in [0, 0.1) is 11.8 Å². The van der Waals surface area contributed by atoms with Crippen molar-refractivity contribution in [2.75, 3.05) is 13.1 Å². The number of hydrogen-bond donors (Lipinski definition) is 2. The first-order chi connectivity index (χ1) is 7.79. The van der Waals surface area contributed by atoms with Crippen molar-refractivity contribution in [3.8, 4) is 0 Å². The lowest BCUT2D eigenvalue weighted by Gasteiger charge is -2.20. The number of ether oxygens (including phenoxy) is 1. The Hall–Kier alpha value is -0.770. The number of nitrogens with one attached hydrogen (secondary N) is 2. The maximum Gasteiger partial charge on any atom is 0.407 e. The summed E-state index contributed by atoms with van der Waals surface area (Å²) >= 11 is 0. The van der Waals surface area contributed by atoms with Gasteiger partial charge in [-0.1, -0.05) is 6.92 Å². The van der Waals surface area contributed by atoms with Gasteiger partial charge >= 0.3 is 6.09 Å². The second kappa shape index (κ2) is 5.71. The van der Waals surface area contributed by atoms with Crippen molar-refractivity contribution in [1.82, 2.24) is 10.6 Å². The minimum absolute atomic E-state index is 0.341. The van der Waals surface area contributed by atoms with Gasteiger partial charge in [0.1, 0.15) is 5.60 Å². The number of carbonyl (C=O) groups is 1. The van der Waals surface area contributed by atoms with Gasteiger partial charge in [0.15, 0.2) is 0 Å². The molecule has 1 amide bonds. The molecule has 0 radical (unpaired) electrons. The monoisotopic (exact) mass is 242 g/mol. The van der Waals surface area contributed by atoms with Crippen LogP contribution in [0.5, 0.6) is 0 Å². The molecule has 0 bridgehead atoms.